The summed E-state index contributed by atoms with van der Waals surface area (Å²) in [5.41, 5.74) is 36.2. The summed E-state index contributed by atoms with van der Waals surface area (Å²) in [5.74, 6) is 0. The Hall–Kier alpha value is -6.20. The highest BCUT2D eigenvalue weighted by atomic mass is 14.7. The summed E-state index contributed by atoms with van der Waals surface area (Å²) in [6.07, 6.45) is 8.95. The summed E-state index contributed by atoms with van der Waals surface area (Å²) in [4.78, 5) is 0. The average Bonchev–Trinajstić information content (AvgIpc) is 3.25. The van der Waals surface area contributed by atoms with Gasteiger partial charge in [0.1, 0.15) is 0 Å². The molecule has 8 N–H and O–H groups in total. The van der Waals surface area contributed by atoms with Gasteiger partial charge in [0.05, 0.1) is 11.4 Å². The van der Waals surface area contributed by atoms with E-state index in [-0.39, 0.29) is 0 Å². The Balaban J connectivity index is 0.000000306. The molecule has 0 radical (unpaired) electrons. The lowest BCUT2D eigenvalue weighted by Gasteiger charge is -2.15. The normalized spacial score (nSPS) is 10.6. The van der Waals surface area contributed by atoms with Crippen molar-refractivity contribution in [3.63, 3.8) is 0 Å². The van der Waals surface area contributed by atoms with Gasteiger partial charge in [0.25, 0.3) is 0 Å². The zero-order chi connectivity index (χ0) is 39.4. The maximum atomic E-state index is 6.28. The van der Waals surface area contributed by atoms with E-state index >= 15 is 0 Å². The summed E-state index contributed by atoms with van der Waals surface area (Å²) in [6.45, 7) is 9.38. The molecule has 0 unspecified atom stereocenters. The average molecular weight is 725 g/mol. The van der Waals surface area contributed by atoms with Gasteiger partial charge >= 0.3 is 0 Å². The molecule has 0 saturated heterocycles. The summed E-state index contributed by atoms with van der Waals surface area (Å²) in [6, 6.07) is 54.8. The van der Waals surface area contributed by atoms with Crippen molar-refractivity contribution in [3.05, 3.63) is 203 Å². The van der Waals surface area contributed by atoms with Crippen LogP contribution in [0, 0.1) is 6.92 Å². The van der Waals surface area contributed by atoms with Crippen molar-refractivity contribution in [1.29, 1.82) is 0 Å². The van der Waals surface area contributed by atoms with Crippen molar-refractivity contribution in [2.45, 2.75) is 47.2 Å². The van der Waals surface area contributed by atoms with Gasteiger partial charge in [-0.3, -0.25) is 0 Å². The molecule has 280 valence electrons. The highest BCUT2D eigenvalue weighted by molar-refractivity contribution is 6.04. The molecule has 0 saturated carbocycles. The molecule has 0 aliphatic carbocycles. The number of hydrogen-bond donors (Lipinski definition) is 4. The van der Waals surface area contributed by atoms with Gasteiger partial charge in [-0.15, -0.1) is 0 Å². The molecule has 4 nitrogen and oxygen atoms in total. The molecular formula is C51H56N4. The quantitative estimate of drug-likeness (QED) is 0.117. The number of hydrogen-bond acceptors (Lipinski definition) is 4. The van der Waals surface area contributed by atoms with Crippen molar-refractivity contribution in [1.82, 2.24) is 0 Å². The molecule has 0 fully saturated rings. The second-order valence-corrected chi connectivity index (χ2v) is 12.8. The lowest BCUT2D eigenvalue weighted by atomic mass is 9.89. The molecular weight excluding hydrogens is 669 g/mol. The van der Waals surface area contributed by atoms with Crippen LogP contribution in [0.4, 0.5) is 11.4 Å². The number of anilines is 2. The van der Waals surface area contributed by atoms with E-state index < -0.39 is 0 Å². The molecule has 0 heterocycles. The van der Waals surface area contributed by atoms with Crippen LogP contribution >= 0.6 is 0 Å². The second kappa shape index (κ2) is 22.1. The monoisotopic (exact) mass is 724 g/mol. The van der Waals surface area contributed by atoms with Crippen LogP contribution in [0.5, 0.6) is 0 Å². The molecule has 0 aliphatic rings. The fraction of sp³-hybridized carbons (Fsp3) is 0.137. The van der Waals surface area contributed by atoms with E-state index in [9.17, 15) is 0 Å². The van der Waals surface area contributed by atoms with E-state index in [2.05, 4.69) is 104 Å². The smallest absolute Gasteiger partial charge is 0.0627 e. The molecule has 7 aromatic rings. The van der Waals surface area contributed by atoms with Gasteiger partial charge in [0, 0.05) is 13.1 Å². The largest absolute Gasteiger partial charge is 0.397 e. The van der Waals surface area contributed by atoms with Crippen LogP contribution in [0.15, 0.2) is 170 Å². The molecule has 0 atom stereocenters. The van der Waals surface area contributed by atoms with Crippen LogP contribution in [0.3, 0.4) is 0 Å². The van der Waals surface area contributed by atoms with Gasteiger partial charge in [-0.25, -0.2) is 0 Å². The Morgan fingerprint density at radius 2 is 1.00 bits per heavy atom. The number of benzene rings is 7. The lowest BCUT2D eigenvalue weighted by molar-refractivity contribution is 1.07. The fourth-order valence-corrected chi connectivity index (χ4v) is 6.05. The molecule has 7 rings (SSSR count). The number of allylic oxidation sites excluding steroid dienone is 2. The number of nitrogen functional groups attached to an aromatic ring is 2. The first-order valence-electron chi connectivity index (χ1n) is 19.0. The lowest BCUT2D eigenvalue weighted by Crippen LogP contribution is -1.99. The number of aryl methyl sites for hydroxylation is 1. The first-order chi connectivity index (χ1) is 26.9. The van der Waals surface area contributed by atoms with E-state index in [1.54, 1.807) is 0 Å². The van der Waals surface area contributed by atoms with Crippen LogP contribution < -0.4 is 22.9 Å². The number of fused-ring (bicyclic) bond motifs is 1. The van der Waals surface area contributed by atoms with Gasteiger partial charge in [-0.1, -0.05) is 201 Å². The van der Waals surface area contributed by atoms with Gasteiger partial charge < -0.3 is 22.9 Å². The van der Waals surface area contributed by atoms with E-state index in [0.717, 1.165) is 17.5 Å². The molecule has 0 aromatic heterocycles. The van der Waals surface area contributed by atoms with E-state index in [1.165, 1.54) is 55.3 Å². The number of nitrogens with two attached hydrogens (primary N) is 4. The van der Waals surface area contributed by atoms with Crippen molar-refractivity contribution in [3.8, 4) is 22.3 Å². The summed E-state index contributed by atoms with van der Waals surface area (Å²) >= 11 is 0. The highest BCUT2D eigenvalue weighted by Crippen LogP contribution is 2.38. The maximum absolute atomic E-state index is 6.28. The number of rotatable bonds is 8. The van der Waals surface area contributed by atoms with Crippen LogP contribution in [0.1, 0.15) is 54.2 Å². The summed E-state index contributed by atoms with van der Waals surface area (Å²) in [5, 5.41) is 2.52. The Kier molecular flexibility index (Phi) is 16.7. The maximum Gasteiger partial charge on any atom is 0.0627 e. The molecule has 4 heteroatoms. The Bertz CT molecular complexity index is 2200. The van der Waals surface area contributed by atoms with Gasteiger partial charge in [-0.05, 0) is 81.1 Å². The van der Waals surface area contributed by atoms with Crippen LogP contribution in [-0.2, 0) is 19.5 Å². The minimum absolute atomic E-state index is 0.627. The third kappa shape index (κ3) is 11.9. The van der Waals surface area contributed by atoms with Crippen molar-refractivity contribution in [2.24, 2.45) is 11.5 Å². The SMILES string of the molecule is C/C=C\c1ccc(/C=C\Cc2ccc(-c3ccc4ccccc4c3-c3ccc(C)cc3)cc2)c(N)c1N.CC.NCc1ccccc1.NCc1ccccc1. The molecule has 0 amide bonds. The molecule has 55 heavy (non-hydrogen) atoms. The van der Waals surface area contributed by atoms with E-state index in [0.29, 0.717) is 24.5 Å². The molecule has 0 aliphatic heterocycles. The standard InChI is InChI=1S/C35H32N2.2C7H9N.C2H6/c1-3-7-29-20-21-30(35(37)34(29)36)10-6-8-25-14-18-27(19-15-25)32-23-22-26-9-4-5-11-31(26)33(32)28-16-12-24(2)13-17-28;2*8-6-7-4-2-1-3-5-7;1-2/h3-7,9-23H,8,36-37H2,1-2H3;2*1-5H,6,8H2;1-2H3/b7-3-,10-6-;;;. The fourth-order valence-electron chi connectivity index (χ4n) is 6.05. The predicted octanol–water partition coefficient (Wildman–Crippen LogP) is 12.3. The predicted molar refractivity (Wildman–Crippen MR) is 242 cm³/mol. The van der Waals surface area contributed by atoms with Crippen molar-refractivity contribution >= 4 is 34.3 Å². The van der Waals surface area contributed by atoms with Gasteiger partial charge in [0.2, 0.25) is 0 Å². The third-order valence-corrected chi connectivity index (χ3v) is 9.04. The van der Waals surface area contributed by atoms with Crippen molar-refractivity contribution < 1.29 is 0 Å². The Morgan fingerprint density at radius 1 is 0.491 bits per heavy atom. The van der Waals surface area contributed by atoms with E-state index in [4.69, 9.17) is 22.9 Å². The minimum atomic E-state index is 0.627. The first-order valence-corrected chi connectivity index (χ1v) is 19.0. The third-order valence-electron chi connectivity index (χ3n) is 9.04. The molecule has 0 spiro atoms. The van der Waals surface area contributed by atoms with E-state index in [1.807, 2.05) is 106 Å². The van der Waals surface area contributed by atoms with Gasteiger partial charge in [0.15, 0.2) is 0 Å². The van der Waals surface area contributed by atoms with Crippen LogP contribution in [-0.4, -0.2) is 0 Å². The second-order valence-electron chi connectivity index (χ2n) is 12.8. The molecule has 7 aromatic carbocycles. The molecule has 0 bridgehead atoms. The summed E-state index contributed by atoms with van der Waals surface area (Å²) < 4.78 is 0. The van der Waals surface area contributed by atoms with Crippen LogP contribution in [0.25, 0.3) is 45.2 Å². The highest BCUT2D eigenvalue weighted by Gasteiger charge is 2.12. The summed E-state index contributed by atoms with van der Waals surface area (Å²) in [7, 11) is 0. The first kappa shape index (κ1) is 41.6. The zero-order valence-electron chi connectivity index (χ0n) is 32.8. The Morgan fingerprint density at radius 3 is 1.53 bits per heavy atom. The van der Waals surface area contributed by atoms with Crippen LogP contribution in [0.2, 0.25) is 0 Å². The van der Waals surface area contributed by atoms with Crippen molar-refractivity contribution in [2.75, 3.05) is 11.5 Å². The zero-order valence-corrected chi connectivity index (χ0v) is 32.8. The Labute approximate surface area is 328 Å². The van der Waals surface area contributed by atoms with Gasteiger partial charge in [-0.2, -0.15) is 0 Å². The minimum Gasteiger partial charge on any atom is -0.397 e. The topological polar surface area (TPSA) is 104 Å².